The second-order valence-corrected chi connectivity index (χ2v) is 6.59. The molecule has 2 aromatic rings. The minimum absolute atomic E-state index is 0.359. The molecule has 0 heterocycles. The Balaban J connectivity index is 1.92. The summed E-state index contributed by atoms with van der Waals surface area (Å²) in [7, 11) is 3.03. The number of allylic oxidation sites excluding steroid dienone is 1. The molecular weight excluding hydrogens is 386 g/mol. The quantitative estimate of drug-likeness (QED) is 0.473. The average Bonchev–Trinajstić information content (AvgIpc) is 2.73. The van der Waals surface area contributed by atoms with Gasteiger partial charge in [0.1, 0.15) is 5.75 Å². The molecule has 0 aliphatic rings. The highest BCUT2D eigenvalue weighted by Crippen LogP contribution is 2.28. The van der Waals surface area contributed by atoms with Crippen LogP contribution in [0, 0.1) is 6.92 Å². The normalized spacial score (nSPS) is 11.2. The first kappa shape index (κ1) is 22.8. The van der Waals surface area contributed by atoms with Crippen molar-refractivity contribution in [3.8, 4) is 17.2 Å². The molecule has 0 aliphatic heterocycles. The van der Waals surface area contributed by atoms with Gasteiger partial charge in [-0.1, -0.05) is 18.2 Å². The first-order valence-electron chi connectivity index (χ1n) is 9.43. The smallest absolute Gasteiger partial charge is 0.344 e. The number of nitrogens with one attached hydrogen (secondary N) is 1. The molecule has 0 unspecified atom stereocenters. The van der Waals surface area contributed by atoms with Crippen molar-refractivity contribution in [3.05, 3.63) is 60.2 Å². The van der Waals surface area contributed by atoms with Crippen LogP contribution in [0.3, 0.4) is 0 Å². The lowest BCUT2D eigenvalue weighted by Crippen LogP contribution is -2.31. The van der Waals surface area contributed by atoms with Gasteiger partial charge in [0.15, 0.2) is 24.2 Å². The van der Waals surface area contributed by atoms with Crippen LogP contribution in [0.25, 0.3) is 0 Å². The number of carbonyl (C=O) groups excluding carboxylic acids is 2. The van der Waals surface area contributed by atoms with E-state index in [-0.39, 0.29) is 6.61 Å². The second kappa shape index (κ2) is 10.9. The number of methoxy groups -OCH3 is 2. The fraction of sp³-hybridized carbons (Fsp3) is 0.304. The molecule has 7 nitrogen and oxygen atoms in total. The van der Waals surface area contributed by atoms with Crippen molar-refractivity contribution in [2.75, 3.05) is 26.1 Å². The van der Waals surface area contributed by atoms with Gasteiger partial charge in [-0.2, -0.15) is 0 Å². The van der Waals surface area contributed by atoms with Crippen molar-refractivity contribution in [1.82, 2.24) is 0 Å². The van der Waals surface area contributed by atoms with Crippen molar-refractivity contribution in [2.45, 2.75) is 26.4 Å². The van der Waals surface area contributed by atoms with Gasteiger partial charge in [0.2, 0.25) is 0 Å². The summed E-state index contributed by atoms with van der Waals surface area (Å²) in [5, 5.41) is 2.71. The Hall–Kier alpha value is -3.48. The van der Waals surface area contributed by atoms with Crippen LogP contribution >= 0.6 is 0 Å². The molecule has 2 aromatic carbocycles. The SMILES string of the molecule is C=CCc1ccc(OCC(=O)O[C@H](C)C(=O)Nc2cc(C)ccc2OC)c(OC)c1. The topological polar surface area (TPSA) is 83.1 Å². The molecule has 0 aliphatic carbocycles. The summed E-state index contributed by atoms with van der Waals surface area (Å²) in [4.78, 5) is 24.5. The van der Waals surface area contributed by atoms with E-state index in [4.69, 9.17) is 18.9 Å². The summed E-state index contributed by atoms with van der Waals surface area (Å²) in [6, 6.07) is 10.8. The highest BCUT2D eigenvalue weighted by Gasteiger charge is 2.20. The van der Waals surface area contributed by atoms with Crippen LogP contribution in [0.5, 0.6) is 17.2 Å². The van der Waals surface area contributed by atoms with E-state index in [1.165, 1.54) is 21.1 Å². The lowest BCUT2D eigenvalue weighted by Gasteiger charge is -2.16. The van der Waals surface area contributed by atoms with Gasteiger partial charge in [-0.3, -0.25) is 4.79 Å². The molecule has 7 heteroatoms. The molecular formula is C23H27NO6. The van der Waals surface area contributed by atoms with Crippen LogP contribution < -0.4 is 19.5 Å². The van der Waals surface area contributed by atoms with Crippen LogP contribution in [0.4, 0.5) is 5.69 Å². The van der Waals surface area contributed by atoms with Crippen molar-refractivity contribution < 1.29 is 28.5 Å². The molecule has 0 saturated heterocycles. The first-order valence-corrected chi connectivity index (χ1v) is 9.43. The fourth-order valence-electron chi connectivity index (χ4n) is 2.70. The first-order chi connectivity index (χ1) is 14.4. The summed E-state index contributed by atoms with van der Waals surface area (Å²) in [5.41, 5.74) is 2.47. The van der Waals surface area contributed by atoms with E-state index >= 15 is 0 Å². The third-order valence-electron chi connectivity index (χ3n) is 4.24. The van der Waals surface area contributed by atoms with E-state index < -0.39 is 18.0 Å². The van der Waals surface area contributed by atoms with E-state index in [0.29, 0.717) is 29.4 Å². The zero-order valence-corrected chi connectivity index (χ0v) is 17.7. The zero-order chi connectivity index (χ0) is 22.1. The monoisotopic (exact) mass is 413 g/mol. The van der Waals surface area contributed by atoms with Crippen LogP contribution in [0.2, 0.25) is 0 Å². The summed E-state index contributed by atoms with van der Waals surface area (Å²) < 4.78 is 21.2. The molecule has 1 N–H and O–H groups in total. The Kier molecular flexibility index (Phi) is 8.29. The maximum atomic E-state index is 12.4. The van der Waals surface area contributed by atoms with Crippen molar-refractivity contribution in [3.63, 3.8) is 0 Å². The Morgan fingerprint density at radius 1 is 1.07 bits per heavy atom. The van der Waals surface area contributed by atoms with Gasteiger partial charge in [-0.05, 0) is 55.7 Å². The van der Waals surface area contributed by atoms with Gasteiger partial charge in [0.05, 0.1) is 19.9 Å². The number of ether oxygens (including phenoxy) is 4. The number of carbonyl (C=O) groups is 2. The third kappa shape index (κ3) is 6.27. The zero-order valence-electron chi connectivity index (χ0n) is 17.7. The molecule has 30 heavy (non-hydrogen) atoms. The van der Waals surface area contributed by atoms with Crippen molar-refractivity contribution in [2.24, 2.45) is 0 Å². The number of rotatable bonds is 10. The lowest BCUT2D eigenvalue weighted by atomic mass is 10.1. The van der Waals surface area contributed by atoms with E-state index in [9.17, 15) is 9.59 Å². The van der Waals surface area contributed by atoms with Gasteiger partial charge in [0, 0.05) is 0 Å². The average molecular weight is 413 g/mol. The Morgan fingerprint density at radius 2 is 1.77 bits per heavy atom. The van der Waals surface area contributed by atoms with E-state index in [1.54, 1.807) is 24.3 Å². The minimum atomic E-state index is -1.01. The van der Waals surface area contributed by atoms with Gasteiger partial charge in [-0.15, -0.1) is 6.58 Å². The van der Waals surface area contributed by atoms with Gasteiger partial charge in [0.25, 0.3) is 5.91 Å². The van der Waals surface area contributed by atoms with Gasteiger partial charge in [-0.25, -0.2) is 4.79 Å². The summed E-state index contributed by atoms with van der Waals surface area (Å²) >= 11 is 0. The highest BCUT2D eigenvalue weighted by molar-refractivity contribution is 5.96. The molecule has 160 valence electrons. The largest absolute Gasteiger partial charge is 0.495 e. The third-order valence-corrected chi connectivity index (χ3v) is 4.24. The summed E-state index contributed by atoms with van der Waals surface area (Å²) in [6.07, 6.45) is 1.46. The molecule has 0 spiro atoms. The molecule has 0 radical (unpaired) electrons. The summed E-state index contributed by atoms with van der Waals surface area (Å²) in [6.45, 7) is 6.73. The number of hydrogen-bond acceptors (Lipinski definition) is 6. The Labute approximate surface area is 176 Å². The lowest BCUT2D eigenvalue weighted by molar-refractivity contribution is -0.155. The molecule has 1 amide bonds. The molecule has 0 bridgehead atoms. The number of hydrogen-bond donors (Lipinski definition) is 1. The highest BCUT2D eigenvalue weighted by atomic mass is 16.6. The van der Waals surface area contributed by atoms with Gasteiger partial charge < -0.3 is 24.3 Å². The second-order valence-electron chi connectivity index (χ2n) is 6.59. The van der Waals surface area contributed by atoms with Crippen molar-refractivity contribution in [1.29, 1.82) is 0 Å². The Morgan fingerprint density at radius 3 is 2.43 bits per heavy atom. The van der Waals surface area contributed by atoms with Crippen LogP contribution in [0.1, 0.15) is 18.1 Å². The van der Waals surface area contributed by atoms with E-state index in [1.807, 2.05) is 25.1 Å². The fourth-order valence-corrected chi connectivity index (χ4v) is 2.70. The van der Waals surface area contributed by atoms with Crippen LogP contribution in [-0.2, 0) is 20.7 Å². The molecule has 0 fully saturated rings. The standard InChI is InChI=1S/C23H27NO6/c1-6-7-17-9-11-20(21(13-17)28-5)29-14-22(25)30-16(3)23(26)24-18-12-15(2)8-10-19(18)27-4/h6,8-13,16H,1,7,14H2,2-5H3,(H,24,26)/t16-/m1/s1. The number of aryl methyl sites for hydroxylation is 1. The maximum Gasteiger partial charge on any atom is 0.344 e. The van der Waals surface area contributed by atoms with Crippen LogP contribution in [-0.4, -0.2) is 38.8 Å². The molecule has 0 aromatic heterocycles. The molecule has 1 atom stereocenters. The minimum Gasteiger partial charge on any atom is -0.495 e. The number of esters is 1. The van der Waals surface area contributed by atoms with Crippen molar-refractivity contribution >= 4 is 17.6 Å². The predicted octanol–water partition coefficient (Wildman–Crippen LogP) is 3.69. The van der Waals surface area contributed by atoms with Crippen LogP contribution in [0.15, 0.2) is 49.1 Å². The van der Waals surface area contributed by atoms with E-state index in [0.717, 1.165) is 11.1 Å². The number of benzene rings is 2. The molecule has 2 rings (SSSR count). The van der Waals surface area contributed by atoms with E-state index in [2.05, 4.69) is 11.9 Å². The number of amides is 1. The molecule has 0 saturated carbocycles. The Bertz CT molecular complexity index is 909. The number of anilines is 1. The van der Waals surface area contributed by atoms with Gasteiger partial charge >= 0.3 is 5.97 Å². The summed E-state index contributed by atoms with van der Waals surface area (Å²) in [5.74, 6) is 0.274. The predicted molar refractivity (Wildman–Crippen MR) is 114 cm³/mol. The maximum absolute atomic E-state index is 12.4.